The Hall–Kier alpha value is -4.40. The molecule has 0 saturated carbocycles. The van der Waals surface area contributed by atoms with E-state index in [0.29, 0.717) is 34.1 Å². The molecule has 0 aliphatic rings. The summed E-state index contributed by atoms with van der Waals surface area (Å²) >= 11 is 0. The number of ether oxygens (including phenoxy) is 1. The van der Waals surface area contributed by atoms with Gasteiger partial charge in [-0.1, -0.05) is 30.3 Å². The van der Waals surface area contributed by atoms with Crippen molar-refractivity contribution in [2.75, 3.05) is 5.32 Å². The molecule has 31 heavy (non-hydrogen) atoms. The Kier molecular flexibility index (Phi) is 4.68. The lowest BCUT2D eigenvalue weighted by molar-refractivity contribution is 0.296. The molecule has 0 aliphatic carbocycles. The van der Waals surface area contributed by atoms with Gasteiger partial charge in [0.1, 0.15) is 18.2 Å². The Bertz CT molecular complexity index is 1400. The molecule has 0 atom stereocenters. The van der Waals surface area contributed by atoms with Crippen molar-refractivity contribution in [1.29, 1.82) is 0 Å². The smallest absolute Gasteiger partial charge is 0.271 e. The normalized spacial score (nSPS) is 11.0. The zero-order valence-electron chi connectivity index (χ0n) is 16.6. The Morgan fingerprint density at radius 1 is 0.968 bits per heavy atom. The van der Waals surface area contributed by atoms with E-state index in [1.807, 2.05) is 49.4 Å². The highest BCUT2D eigenvalue weighted by molar-refractivity contribution is 5.79. The molecule has 9 heteroatoms. The first kappa shape index (κ1) is 18.6. The van der Waals surface area contributed by atoms with Gasteiger partial charge in [0.2, 0.25) is 0 Å². The summed E-state index contributed by atoms with van der Waals surface area (Å²) in [5, 5.41) is 16.5. The van der Waals surface area contributed by atoms with Gasteiger partial charge in [0.15, 0.2) is 11.6 Å². The summed E-state index contributed by atoms with van der Waals surface area (Å²) in [6, 6.07) is 19.0. The summed E-state index contributed by atoms with van der Waals surface area (Å²) in [7, 11) is 0. The van der Waals surface area contributed by atoms with Gasteiger partial charge in [-0.3, -0.25) is 20.1 Å². The van der Waals surface area contributed by atoms with E-state index in [1.165, 1.54) is 0 Å². The molecule has 9 nitrogen and oxygen atoms in total. The van der Waals surface area contributed by atoms with Crippen molar-refractivity contribution in [2.24, 2.45) is 0 Å². The third-order valence-electron chi connectivity index (χ3n) is 4.73. The molecule has 0 unspecified atom stereocenters. The number of fused-ring (bicyclic) bond motifs is 1. The van der Waals surface area contributed by atoms with E-state index in [1.54, 1.807) is 18.2 Å². The molecule has 0 spiro atoms. The lowest BCUT2D eigenvalue weighted by Gasteiger charge is -2.08. The molecular formula is C22H19N7O2. The maximum Gasteiger partial charge on any atom is 0.271 e. The number of hydrogen-bond donors (Lipinski definition) is 4. The summed E-state index contributed by atoms with van der Waals surface area (Å²) in [4.78, 5) is 20.6. The largest absolute Gasteiger partial charge is 0.486 e. The van der Waals surface area contributed by atoms with Crippen molar-refractivity contribution >= 4 is 22.5 Å². The summed E-state index contributed by atoms with van der Waals surface area (Å²) in [6.07, 6.45) is 0. The molecular weight excluding hydrogens is 394 g/mol. The van der Waals surface area contributed by atoms with Crippen molar-refractivity contribution in [2.45, 2.75) is 13.5 Å². The van der Waals surface area contributed by atoms with Crippen LogP contribution in [0.5, 0.6) is 5.75 Å². The minimum atomic E-state index is -0.159. The molecule has 0 radical (unpaired) electrons. The minimum Gasteiger partial charge on any atom is -0.486 e. The Balaban J connectivity index is 1.30. The number of benzene rings is 2. The molecule has 0 bridgehead atoms. The Labute approximate surface area is 176 Å². The van der Waals surface area contributed by atoms with E-state index in [0.717, 1.165) is 17.0 Å². The second-order valence-electron chi connectivity index (χ2n) is 7.04. The van der Waals surface area contributed by atoms with Gasteiger partial charge >= 0.3 is 0 Å². The average Bonchev–Trinajstić information content (AvgIpc) is 3.39. The molecule has 3 heterocycles. The Morgan fingerprint density at radius 2 is 1.84 bits per heavy atom. The number of nitrogens with zero attached hydrogens (tertiary/aromatic N) is 3. The summed E-state index contributed by atoms with van der Waals surface area (Å²) in [5.41, 5.74) is 3.29. The first-order valence-electron chi connectivity index (χ1n) is 9.70. The third kappa shape index (κ3) is 4.01. The van der Waals surface area contributed by atoms with Gasteiger partial charge in [0.05, 0.1) is 16.6 Å². The fraction of sp³-hybridized carbons (Fsp3) is 0.0909. The van der Waals surface area contributed by atoms with Crippen molar-refractivity contribution in [3.8, 4) is 17.0 Å². The van der Waals surface area contributed by atoms with Crippen molar-refractivity contribution in [3.63, 3.8) is 0 Å². The number of rotatable bonds is 6. The van der Waals surface area contributed by atoms with Gasteiger partial charge < -0.3 is 10.1 Å². The highest BCUT2D eigenvalue weighted by atomic mass is 16.5. The number of H-pyrrole nitrogens is 3. The van der Waals surface area contributed by atoms with Crippen LogP contribution in [0.4, 0.5) is 11.6 Å². The quantitative estimate of drug-likeness (QED) is 0.337. The van der Waals surface area contributed by atoms with E-state index >= 15 is 0 Å². The number of aromatic nitrogens is 6. The molecule has 4 N–H and O–H groups in total. The van der Waals surface area contributed by atoms with Crippen LogP contribution in [0.15, 0.2) is 65.5 Å². The number of anilines is 2. The number of aryl methyl sites for hydroxylation is 1. The number of aromatic amines is 3. The lowest BCUT2D eigenvalue weighted by Crippen LogP contribution is -2.05. The van der Waals surface area contributed by atoms with Gasteiger partial charge in [-0.05, 0) is 24.6 Å². The second-order valence-corrected chi connectivity index (χ2v) is 7.04. The van der Waals surface area contributed by atoms with Crippen LogP contribution in [0.1, 0.15) is 11.5 Å². The molecule has 5 rings (SSSR count). The highest BCUT2D eigenvalue weighted by Gasteiger charge is 2.08. The maximum absolute atomic E-state index is 11.6. The predicted molar refractivity (Wildman–Crippen MR) is 117 cm³/mol. The monoisotopic (exact) mass is 413 g/mol. The fourth-order valence-corrected chi connectivity index (χ4v) is 3.30. The van der Waals surface area contributed by atoms with Gasteiger partial charge in [0, 0.05) is 23.9 Å². The summed E-state index contributed by atoms with van der Waals surface area (Å²) in [5.74, 6) is 2.43. The van der Waals surface area contributed by atoms with Crippen molar-refractivity contribution < 1.29 is 4.74 Å². The average molecular weight is 413 g/mol. The van der Waals surface area contributed by atoms with Crippen LogP contribution in [0.3, 0.4) is 0 Å². The van der Waals surface area contributed by atoms with E-state index in [-0.39, 0.29) is 12.2 Å². The second kappa shape index (κ2) is 7.79. The SMILES string of the molecule is Cc1cc(Nc2cc(-c3ccccc3)[nH]n2)nc(COc2ccc3c(=O)[nH][nH]c3c2)n1. The van der Waals surface area contributed by atoms with Crippen LogP contribution in [-0.4, -0.2) is 30.4 Å². The molecule has 5 aromatic rings. The van der Waals surface area contributed by atoms with Crippen LogP contribution in [0.25, 0.3) is 22.2 Å². The zero-order valence-corrected chi connectivity index (χ0v) is 16.6. The highest BCUT2D eigenvalue weighted by Crippen LogP contribution is 2.22. The molecule has 2 aromatic carbocycles. The third-order valence-corrected chi connectivity index (χ3v) is 4.73. The van der Waals surface area contributed by atoms with Crippen molar-refractivity contribution in [3.05, 3.63) is 82.5 Å². The first-order valence-corrected chi connectivity index (χ1v) is 9.70. The first-order chi connectivity index (χ1) is 15.1. The molecule has 0 amide bonds. The molecule has 0 aliphatic heterocycles. The number of nitrogens with one attached hydrogen (secondary N) is 4. The van der Waals surface area contributed by atoms with Gasteiger partial charge in [-0.15, -0.1) is 0 Å². The maximum atomic E-state index is 11.6. The Morgan fingerprint density at radius 3 is 2.71 bits per heavy atom. The molecule has 0 fully saturated rings. The van der Waals surface area contributed by atoms with E-state index < -0.39 is 0 Å². The zero-order chi connectivity index (χ0) is 21.2. The molecule has 3 aromatic heterocycles. The summed E-state index contributed by atoms with van der Waals surface area (Å²) in [6.45, 7) is 2.08. The van der Waals surface area contributed by atoms with Crippen LogP contribution < -0.4 is 15.6 Å². The van der Waals surface area contributed by atoms with E-state index in [9.17, 15) is 4.79 Å². The summed E-state index contributed by atoms with van der Waals surface area (Å²) < 4.78 is 5.82. The number of hydrogen-bond acceptors (Lipinski definition) is 6. The standard InChI is InChI=1S/C22H19N7O2/c1-13-9-19(24-20-11-17(26-28-20)14-5-3-2-4-6-14)25-21(23-13)12-31-15-7-8-16-18(10-15)27-29-22(16)30/h2-11H,12H2,1H3,(H2,27,29,30)(H2,23,24,25,26,28). The van der Waals surface area contributed by atoms with E-state index in [2.05, 4.69) is 35.7 Å². The van der Waals surface area contributed by atoms with E-state index in [4.69, 9.17) is 4.74 Å². The van der Waals surface area contributed by atoms with Crippen LogP contribution >= 0.6 is 0 Å². The van der Waals surface area contributed by atoms with Crippen molar-refractivity contribution in [1.82, 2.24) is 30.4 Å². The van der Waals surface area contributed by atoms with Gasteiger partial charge in [-0.25, -0.2) is 9.97 Å². The minimum absolute atomic E-state index is 0.159. The van der Waals surface area contributed by atoms with Crippen LogP contribution in [0, 0.1) is 6.92 Å². The van der Waals surface area contributed by atoms with Gasteiger partial charge in [-0.2, -0.15) is 5.10 Å². The van der Waals surface area contributed by atoms with Gasteiger partial charge in [0.25, 0.3) is 5.56 Å². The molecule has 0 saturated heterocycles. The van der Waals surface area contributed by atoms with Crippen LogP contribution in [-0.2, 0) is 6.61 Å². The lowest BCUT2D eigenvalue weighted by atomic mass is 10.2. The topological polar surface area (TPSA) is 124 Å². The van der Waals surface area contributed by atoms with Crippen LogP contribution in [0.2, 0.25) is 0 Å². The fourth-order valence-electron chi connectivity index (χ4n) is 3.30. The molecule has 154 valence electrons. The predicted octanol–water partition coefficient (Wildman–Crippen LogP) is 3.67.